The molecule has 6 saturated heterocycles. The summed E-state index contributed by atoms with van der Waals surface area (Å²) in [7, 11) is -7.40. The Hall–Kier alpha value is -3.20. The van der Waals surface area contributed by atoms with Crippen LogP contribution in [0.4, 0.5) is 0 Å². The molecule has 6 fully saturated rings. The molecule has 6 aliphatic rings. The van der Waals surface area contributed by atoms with Crippen LogP contribution in [0.5, 0.6) is 0 Å². The van der Waals surface area contributed by atoms with Crippen LogP contribution in [-0.2, 0) is 80.0 Å². The number of unbranched alkanes of at least 4 members (excludes halogenated alkanes) is 3. The molecule has 0 aliphatic carbocycles. The molecule has 6 aliphatic heterocycles. The molecule has 6 amide bonds. The maximum absolute atomic E-state index is 14.3. The molecule has 0 aromatic carbocycles. The third-order valence-electron chi connectivity index (χ3n) is 17.7. The Labute approximate surface area is 567 Å². The highest BCUT2D eigenvalue weighted by Gasteiger charge is 2.52. The number of carbonyl (C=O) groups excluding carboxylic acids is 6. The van der Waals surface area contributed by atoms with Crippen molar-refractivity contribution in [1.29, 1.82) is 0 Å². The maximum Gasteiger partial charge on any atom is 0.406 e. The van der Waals surface area contributed by atoms with Gasteiger partial charge in [0.1, 0.15) is 112 Å². The molecule has 6 rings (SSSR count). The van der Waals surface area contributed by atoms with E-state index >= 15 is 0 Å². The number of ether oxygens (including phenoxy) is 7. The topological polar surface area (TPSA) is 472 Å². The van der Waals surface area contributed by atoms with Gasteiger partial charge in [0, 0.05) is 85.3 Å². The lowest BCUT2D eigenvalue weighted by atomic mass is 9.97. The number of rotatable bonds is 36. The largest absolute Gasteiger partial charge is 0.406 e. The van der Waals surface area contributed by atoms with Crippen molar-refractivity contribution in [2.45, 2.75) is 266 Å². The Bertz CT molecular complexity index is 2500. The number of hydrogen-bond donors (Lipinski definition) is 14. The average Bonchev–Trinajstić information content (AvgIpc) is 1.79. The molecule has 0 aromatic rings. The van der Waals surface area contributed by atoms with Crippen molar-refractivity contribution in [3.8, 4) is 0 Å². The minimum Gasteiger partial charge on any atom is -0.394 e. The van der Waals surface area contributed by atoms with Crippen LogP contribution in [0.3, 0.4) is 0 Å². The number of nitrogens with one attached hydrogen (secondary N) is 3. The Morgan fingerprint density at radius 3 is 1.07 bits per heavy atom. The normalized spacial score (nSPS) is 34.5. The summed E-state index contributed by atoms with van der Waals surface area (Å²) in [5.41, 5.74) is -0.563. The van der Waals surface area contributed by atoms with E-state index in [2.05, 4.69) is 16.0 Å². The highest BCUT2D eigenvalue weighted by molar-refractivity contribution is 7.60. The van der Waals surface area contributed by atoms with Crippen LogP contribution in [0.2, 0.25) is 0 Å². The minimum atomic E-state index is -3.73. The van der Waals surface area contributed by atoms with E-state index in [1.165, 1.54) is 39.0 Å². The van der Waals surface area contributed by atoms with Gasteiger partial charge < -0.3 is 110 Å². The predicted octanol–water partition coefficient (Wildman–Crippen LogP) is -2.65. The molecule has 36 heteroatoms. The van der Waals surface area contributed by atoms with Gasteiger partial charge in [-0.25, -0.2) is 0 Å². The number of nitrogens with zero attached hydrogens (tertiary/aromatic N) is 3. The van der Waals surface area contributed by atoms with Gasteiger partial charge in [0.2, 0.25) is 35.4 Å². The number of aliphatic hydroxyl groups is 9. The Kier molecular flexibility index (Phi) is 32.7. The van der Waals surface area contributed by atoms with Gasteiger partial charge in [-0.2, -0.15) is 27.9 Å². The fraction of sp³-hybridized carbons (Fsp3) is 0.902. The minimum absolute atomic E-state index is 0.0147. The first-order valence-electron chi connectivity index (χ1n) is 33.6. The highest BCUT2D eigenvalue weighted by Crippen LogP contribution is 2.57. The quantitative estimate of drug-likeness (QED) is 0.0225. The first-order valence-corrected chi connectivity index (χ1v) is 37.7. The summed E-state index contributed by atoms with van der Waals surface area (Å²) in [6.07, 6.45) is -14.2. The Morgan fingerprint density at radius 2 is 0.773 bits per heavy atom. The SMILES string of the molecule is CC[C@@H]1CC(O[P+](C)(O)OC[C@@H]2CC(O[P+](C)(O)OC[C@@H]3C[C@@H](OC(C)(C)C)CN3C(=O)CCCCOC3OC(CO)C(O)C(O)C3NC(C)=O)CN2C(=O)CCCCOC2OC(CO)C(O)C(O)C2NC(C)=O)CN1C(=O)CCCCOC1OC(CO)C(O)C(O)C1NC(C)=O. The summed E-state index contributed by atoms with van der Waals surface area (Å²) in [6.45, 7) is 12.4. The van der Waals surface area contributed by atoms with Gasteiger partial charge in [0.25, 0.3) is 0 Å². The van der Waals surface area contributed by atoms with E-state index in [0.717, 1.165) is 0 Å². The fourth-order valence-electron chi connectivity index (χ4n) is 13.0. The van der Waals surface area contributed by atoms with E-state index < -0.39 is 175 Å². The van der Waals surface area contributed by atoms with Gasteiger partial charge in [-0.15, -0.1) is 0 Å². The molecule has 0 aromatic heterocycles. The zero-order valence-corrected chi connectivity index (χ0v) is 59.0. The van der Waals surface area contributed by atoms with Crippen molar-refractivity contribution >= 4 is 51.3 Å². The summed E-state index contributed by atoms with van der Waals surface area (Å²) < 4.78 is 65.7. The molecule has 0 saturated carbocycles. The van der Waals surface area contributed by atoms with Gasteiger partial charge in [-0.1, -0.05) is 6.92 Å². The maximum atomic E-state index is 14.3. The second-order valence-electron chi connectivity index (χ2n) is 27.0. The van der Waals surface area contributed by atoms with E-state index in [4.69, 9.17) is 51.3 Å². The monoisotopic (exact) mass is 1440 g/mol. The molecule has 97 heavy (non-hydrogen) atoms. The number of hydrogen-bond acceptors (Lipinski definition) is 28. The fourth-order valence-corrected chi connectivity index (χ4v) is 15.5. The second-order valence-corrected chi connectivity index (χ2v) is 31.2. The van der Waals surface area contributed by atoms with Crippen LogP contribution in [0.1, 0.15) is 132 Å². The number of amides is 6. The van der Waals surface area contributed by atoms with Crippen LogP contribution in [0, 0.1) is 0 Å². The molecule has 0 radical (unpaired) electrons. The van der Waals surface area contributed by atoms with Crippen molar-refractivity contribution in [3.05, 3.63) is 0 Å². The molecular formula is C61H110N6O28P2+2. The van der Waals surface area contributed by atoms with E-state index in [-0.39, 0.29) is 121 Å². The van der Waals surface area contributed by atoms with E-state index in [9.17, 15) is 84.5 Å². The summed E-state index contributed by atoms with van der Waals surface area (Å²) in [5.74, 6) is -2.24. The van der Waals surface area contributed by atoms with Gasteiger partial charge in [-0.3, -0.25) is 28.8 Å². The lowest BCUT2D eigenvalue weighted by molar-refractivity contribution is -0.270. The van der Waals surface area contributed by atoms with Gasteiger partial charge in [-0.05, 0) is 72.1 Å². The molecule has 0 bridgehead atoms. The number of likely N-dealkylation sites (tertiary alicyclic amines) is 3. The summed E-state index contributed by atoms with van der Waals surface area (Å²) >= 11 is 0. The number of carbonyl (C=O) groups is 6. The van der Waals surface area contributed by atoms with Gasteiger partial charge >= 0.3 is 15.9 Å². The van der Waals surface area contributed by atoms with E-state index in [1.807, 2.05) is 27.7 Å². The van der Waals surface area contributed by atoms with E-state index in [0.29, 0.717) is 44.9 Å². The standard InChI is InChI=1S/C61H108N6O28P2/c1-10-37-23-41(27-65(37)46(74)17-11-14-20-85-58-49(62-34(2)71)55(80)52(77)43(29-68)90-58)94-96(8,83)89-33-39-25-42(28-67(39)48(76)19-13-16-22-87-60-51(64-36(4)73)57(82)54(79)45(31-70)92-60)95-97(9,84)88-32-38-24-40(93-61(5,6)7)26-66(38)47(75)18-12-15-21-86-59-50(63-35(3)72)56(81)53(78)44(30-69)91-59/h37-45,49-60,68-70,77-84H,10-33H2,1-9H3,(H-2,62,63,64,71,72,73)/p+2/t37-,38+,39+,40-,41?,42?,43?,44?,45?,49?,50?,51?,52?,53?,54?,55?,56?,57?,58?,59?,60?,96?,97?/m1/s1. The van der Waals surface area contributed by atoms with Crippen molar-refractivity contribution in [1.82, 2.24) is 30.7 Å². The molecule has 14 N–H and O–H groups in total. The molecule has 23 atom stereocenters. The third-order valence-corrected chi connectivity index (χ3v) is 20.4. The highest BCUT2D eigenvalue weighted by atomic mass is 31.2. The molecule has 6 heterocycles. The molecule has 0 spiro atoms. The van der Waals surface area contributed by atoms with Crippen LogP contribution < -0.4 is 16.0 Å². The van der Waals surface area contributed by atoms with Crippen molar-refractivity contribution in [2.24, 2.45) is 0 Å². The first-order chi connectivity index (χ1) is 45.7. The van der Waals surface area contributed by atoms with Crippen LogP contribution in [0.15, 0.2) is 0 Å². The molecular weight excluding hydrogens is 1330 g/mol. The Balaban J connectivity index is 1.05. The van der Waals surface area contributed by atoms with Crippen LogP contribution in [-0.4, -0.2) is 326 Å². The van der Waals surface area contributed by atoms with Crippen molar-refractivity contribution in [3.63, 3.8) is 0 Å². The summed E-state index contributed by atoms with van der Waals surface area (Å²) in [4.78, 5) is 106. The summed E-state index contributed by atoms with van der Waals surface area (Å²) in [5, 5.41) is 99.8. The predicted molar refractivity (Wildman–Crippen MR) is 343 cm³/mol. The number of aliphatic hydroxyl groups excluding tert-OH is 9. The van der Waals surface area contributed by atoms with E-state index in [1.54, 1.807) is 9.80 Å². The second kappa shape index (κ2) is 38.4. The van der Waals surface area contributed by atoms with Crippen LogP contribution in [0.25, 0.3) is 0 Å². The molecule has 560 valence electrons. The van der Waals surface area contributed by atoms with Crippen LogP contribution >= 0.6 is 15.9 Å². The lowest BCUT2D eigenvalue weighted by Crippen LogP contribution is -2.64. The molecule has 19 unspecified atom stereocenters. The Morgan fingerprint density at radius 1 is 0.474 bits per heavy atom. The summed E-state index contributed by atoms with van der Waals surface area (Å²) in [6, 6.07) is -4.89. The van der Waals surface area contributed by atoms with Gasteiger partial charge in [0.15, 0.2) is 18.9 Å². The average molecular weight is 1440 g/mol. The van der Waals surface area contributed by atoms with Crippen molar-refractivity contribution < 1.29 is 136 Å². The smallest absolute Gasteiger partial charge is 0.394 e. The van der Waals surface area contributed by atoms with Gasteiger partial charge in [0.05, 0.1) is 56.7 Å². The molecule has 34 nitrogen and oxygen atoms in total. The zero-order valence-electron chi connectivity index (χ0n) is 57.2. The lowest BCUT2D eigenvalue weighted by Gasteiger charge is -2.42. The third kappa shape index (κ3) is 24.8. The van der Waals surface area contributed by atoms with Crippen molar-refractivity contribution in [2.75, 3.05) is 85.8 Å². The zero-order chi connectivity index (χ0) is 71.7. The first kappa shape index (κ1) is 82.8.